The molecule has 4 rings (SSSR count). The van der Waals surface area contributed by atoms with Crippen LogP contribution in [0.3, 0.4) is 0 Å². The lowest BCUT2D eigenvalue weighted by molar-refractivity contribution is 0.0950. The van der Waals surface area contributed by atoms with Gasteiger partial charge in [-0.15, -0.1) is 0 Å². The minimum absolute atomic E-state index is 0.111. The molecule has 0 spiro atoms. The molecule has 0 saturated carbocycles. The standard InChI is InChI=1S/C19H13ClN4O2S/c20-12-8-7-11(17-21-13-4-1-2-5-14(13)22-17)10-15(12)23-19(27)24-18(25)16-6-3-9-26-16/h1-10H,(H,21,22)(H2,23,24,25,27). The van der Waals surface area contributed by atoms with Crippen molar-refractivity contribution in [1.82, 2.24) is 15.3 Å². The van der Waals surface area contributed by atoms with Gasteiger partial charge in [-0.25, -0.2) is 4.98 Å². The molecule has 0 radical (unpaired) electrons. The maximum absolute atomic E-state index is 12.0. The molecule has 8 heteroatoms. The molecule has 134 valence electrons. The number of aromatic nitrogens is 2. The normalized spacial score (nSPS) is 10.7. The monoisotopic (exact) mass is 396 g/mol. The summed E-state index contributed by atoms with van der Waals surface area (Å²) in [5.41, 5.74) is 3.20. The second kappa shape index (κ2) is 7.22. The topological polar surface area (TPSA) is 83.0 Å². The number of thiocarbonyl (C=S) groups is 1. The molecular formula is C19H13ClN4O2S. The fourth-order valence-corrected chi connectivity index (χ4v) is 2.95. The number of H-pyrrole nitrogens is 1. The van der Waals surface area contributed by atoms with Crippen LogP contribution in [0.15, 0.2) is 65.3 Å². The van der Waals surface area contributed by atoms with Gasteiger partial charge < -0.3 is 14.7 Å². The average Bonchev–Trinajstić information content (AvgIpc) is 3.33. The fourth-order valence-electron chi connectivity index (χ4n) is 2.58. The number of aromatic amines is 1. The van der Waals surface area contributed by atoms with Gasteiger partial charge >= 0.3 is 0 Å². The SMILES string of the molecule is O=C(NC(=S)Nc1cc(-c2nc3ccccc3[nH]2)ccc1Cl)c1ccco1. The van der Waals surface area contributed by atoms with Crippen LogP contribution >= 0.6 is 23.8 Å². The molecule has 0 fully saturated rings. The number of carbonyl (C=O) groups is 1. The molecule has 0 bridgehead atoms. The van der Waals surface area contributed by atoms with Gasteiger partial charge in [0, 0.05) is 5.56 Å². The minimum Gasteiger partial charge on any atom is -0.459 e. The molecule has 1 amide bonds. The van der Waals surface area contributed by atoms with Crippen LogP contribution in [0.2, 0.25) is 5.02 Å². The molecule has 2 heterocycles. The Morgan fingerprint density at radius 1 is 1.15 bits per heavy atom. The highest BCUT2D eigenvalue weighted by Crippen LogP contribution is 2.28. The number of para-hydroxylation sites is 2. The van der Waals surface area contributed by atoms with Crippen molar-refractivity contribution in [2.24, 2.45) is 0 Å². The van der Waals surface area contributed by atoms with Gasteiger partial charge in [0.05, 0.1) is 28.0 Å². The molecule has 3 N–H and O–H groups in total. The summed E-state index contributed by atoms with van der Waals surface area (Å²) < 4.78 is 5.04. The first kappa shape index (κ1) is 17.3. The van der Waals surface area contributed by atoms with Gasteiger partial charge in [0.2, 0.25) is 0 Å². The number of benzene rings is 2. The molecule has 0 unspecified atom stereocenters. The van der Waals surface area contributed by atoms with E-state index in [9.17, 15) is 4.79 Å². The average molecular weight is 397 g/mol. The largest absolute Gasteiger partial charge is 0.459 e. The Hall–Kier alpha value is -3.16. The van der Waals surface area contributed by atoms with Gasteiger partial charge in [-0.3, -0.25) is 10.1 Å². The summed E-state index contributed by atoms with van der Waals surface area (Å²) in [5, 5.41) is 6.05. The number of nitrogens with one attached hydrogen (secondary N) is 3. The zero-order valence-electron chi connectivity index (χ0n) is 13.8. The second-order valence-corrected chi connectivity index (χ2v) is 6.50. The van der Waals surface area contributed by atoms with Gasteiger partial charge in [0.25, 0.3) is 5.91 Å². The van der Waals surface area contributed by atoms with Crippen molar-refractivity contribution >= 4 is 51.6 Å². The minimum atomic E-state index is -0.443. The third-order valence-corrected chi connectivity index (χ3v) is 4.38. The third kappa shape index (κ3) is 3.69. The molecule has 0 atom stereocenters. The quantitative estimate of drug-likeness (QED) is 0.441. The molecule has 4 aromatic rings. The number of anilines is 1. The lowest BCUT2D eigenvalue weighted by atomic mass is 10.2. The summed E-state index contributed by atoms with van der Waals surface area (Å²) in [6.07, 6.45) is 1.42. The van der Waals surface area contributed by atoms with Crippen LogP contribution in [0.4, 0.5) is 5.69 Å². The van der Waals surface area contributed by atoms with Crippen LogP contribution in [-0.4, -0.2) is 21.0 Å². The Kier molecular flexibility index (Phi) is 4.62. The summed E-state index contributed by atoms with van der Waals surface area (Å²) in [6.45, 7) is 0. The summed E-state index contributed by atoms with van der Waals surface area (Å²) in [7, 11) is 0. The van der Waals surface area contributed by atoms with Crippen LogP contribution in [0.25, 0.3) is 22.4 Å². The Balaban J connectivity index is 1.55. The highest BCUT2D eigenvalue weighted by molar-refractivity contribution is 7.80. The first-order valence-electron chi connectivity index (χ1n) is 8.00. The van der Waals surface area contributed by atoms with Crippen molar-refractivity contribution in [2.75, 3.05) is 5.32 Å². The van der Waals surface area contributed by atoms with Crippen molar-refractivity contribution in [3.63, 3.8) is 0 Å². The highest BCUT2D eigenvalue weighted by Gasteiger charge is 2.13. The van der Waals surface area contributed by atoms with E-state index in [0.29, 0.717) is 16.5 Å². The number of nitrogens with zero attached hydrogens (tertiary/aromatic N) is 1. The first-order chi connectivity index (χ1) is 13.1. The van der Waals surface area contributed by atoms with Crippen molar-refractivity contribution in [1.29, 1.82) is 0 Å². The number of furan rings is 1. The fraction of sp³-hybridized carbons (Fsp3) is 0. The predicted octanol–water partition coefficient (Wildman–Crippen LogP) is 4.60. The Morgan fingerprint density at radius 3 is 2.78 bits per heavy atom. The van der Waals surface area contributed by atoms with Crippen LogP contribution in [0.5, 0.6) is 0 Å². The third-order valence-electron chi connectivity index (χ3n) is 3.85. The van der Waals surface area contributed by atoms with Crippen LogP contribution < -0.4 is 10.6 Å². The number of imidazole rings is 1. The Morgan fingerprint density at radius 2 is 2.00 bits per heavy atom. The molecule has 0 aliphatic carbocycles. The maximum Gasteiger partial charge on any atom is 0.293 e. The number of amides is 1. The summed E-state index contributed by atoms with van der Waals surface area (Å²) in [4.78, 5) is 19.8. The summed E-state index contributed by atoms with van der Waals surface area (Å²) >= 11 is 11.5. The molecule has 0 aliphatic rings. The van der Waals surface area contributed by atoms with E-state index >= 15 is 0 Å². The molecule has 2 aromatic carbocycles. The highest BCUT2D eigenvalue weighted by atomic mass is 35.5. The lowest BCUT2D eigenvalue weighted by Crippen LogP contribution is -2.33. The lowest BCUT2D eigenvalue weighted by Gasteiger charge is -2.11. The number of hydrogen-bond acceptors (Lipinski definition) is 4. The van der Waals surface area contributed by atoms with E-state index in [4.69, 9.17) is 28.2 Å². The first-order valence-corrected chi connectivity index (χ1v) is 8.79. The van der Waals surface area contributed by atoms with Crippen molar-refractivity contribution < 1.29 is 9.21 Å². The van der Waals surface area contributed by atoms with Crippen LogP contribution in [0.1, 0.15) is 10.6 Å². The van der Waals surface area contributed by atoms with E-state index in [-0.39, 0.29) is 10.9 Å². The maximum atomic E-state index is 12.0. The van der Waals surface area contributed by atoms with Crippen LogP contribution in [-0.2, 0) is 0 Å². The number of fused-ring (bicyclic) bond motifs is 1. The number of carbonyl (C=O) groups excluding carboxylic acids is 1. The van der Waals surface area contributed by atoms with Crippen molar-refractivity contribution in [3.05, 3.63) is 71.6 Å². The van der Waals surface area contributed by atoms with Gasteiger partial charge in [-0.2, -0.15) is 0 Å². The van der Waals surface area contributed by atoms with Gasteiger partial charge in [0.15, 0.2) is 10.9 Å². The van der Waals surface area contributed by atoms with Crippen molar-refractivity contribution in [2.45, 2.75) is 0 Å². The van der Waals surface area contributed by atoms with Gasteiger partial charge in [-0.1, -0.05) is 23.7 Å². The van der Waals surface area contributed by atoms with E-state index in [0.717, 1.165) is 16.6 Å². The molecule has 0 aliphatic heterocycles. The van der Waals surface area contributed by atoms with Crippen molar-refractivity contribution in [3.8, 4) is 11.4 Å². The van der Waals surface area contributed by atoms with E-state index in [1.165, 1.54) is 6.26 Å². The zero-order chi connectivity index (χ0) is 18.8. The molecule has 2 aromatic heterocycles. The number of rotatable bonds is 3. The smallest absolute Gasteiger partial charge is 0.293 e. The van der Waals surface area contributed by atoms with E-state index in [1.54, 1.807) is 18.2 Å². The number of hydrogen-bond donors (Lipinski definition) is 3. The van der Waals surface area contributed by atoms with E-state index in [1.807, 2.05) is 36.4 Å². The van der Waals surface area contributed by atoms with E-state index < -0.39 is 5.91 Å². The predicted molar refractivity (Wildman–Crippen MR) is 109 cm³/mol. The zero-order valence-corrected chi connectivity index (χ0v) is 15.4. The van der Waals surface area contributed by atoms with Crippen LogP contribution in [0, 0.1) is 0 Å². The van der Waals surface area contributed by atoms with E-state index in [2.05, 4.69) is 20.6 Å². The summed E-state index contributed by atoms with van der Waals surface area (Å²) in [6, 6.07) is 16.3. The second-order valence-electron chi connectivity index (χ2n) is 5.68. The van der Waals surface area contributed by atoms with Gasteiger partial charge in [-0.05, 0) is 54.7 Å². The number of halogens is 1. The Bertz CT molecular complexity index is 1100. The molecule has 27 heavy (non-hydrogen) atoms. The van der Waals surface area contributed by atoms with Gasteiger partial charge in [0.1, 0.15) is 5.82 Å². The molecule has 6 nitrogen and oxygen atoms in total. The molecular weight excluding hydrogens is 384 g/mol. The summed E-state index contributed by atoms with van der Waals surface area (Å²) in [5.74, 6) is 0.435. The Labute approximate surface area is 164 Å². The molecule has 0 saturated heterocycles.